The number of aliphatic hydroxyl groups excluding tert-OH is 1. The predicted molar refractivity (Wildman–Crippen MR) is 88.9 cm³/mol. The van der Waals surface area contributed by atoms with Gasteiger partial charge in [-0.2, -0.15) is 0 Å². The maximum atomic E-state index is 10.6. The first-order valence-electron chi connectivity index (χ1n) is 7.53. The first kappa shape index (κ1) is 14.7. The second kappa shape index (κ2) is 6.24. The van der Waals surface area contributed by atoms with E-state index in [0.29, 0.717) is 12.8 Å². The fraction of sp³-hybridized carbons (Fsp3) is 0.263. The molecule has 1 aromatic rings. The largest absolute Gasteiger partial charge is 0.507 e. The number of aryl methyl sites for hydroxylation is 1. The van der Waals surface area contributed by atoms with Crippen molar-refractivity contribution < 1.29 is 14.9 Å². The minimum atomic E-state index is 0.109. The topological polar surface area (TPSA) is 49.7 Å². The Kier molecular flexibility index (Phi) is 4.16. The van der Waals surface area contributed by atoms with Crippen molar-refractivity contribution in [1.29, 1.82) is 0 Å². The van der Waals surface area contributed by atoms with Crippen molar-refractivity contribution in [1.82, 2.24) is 0 Å². The number of ether oxygens (including phenoxy) is 1. The second-order valence-corrected chi connectivity index (χ2v) is 5.53. The number of rotatable bonds is 4. The zero-order chi connectivity index (χ0) is 15.5. The summed E-state index contributed by atoms with van der Waals surface area (Å²) < 4.78 is 5.58. The lowest BCUT2D eigenvalue weighted by Crippen LogP contribution is -1.99. The van der Waals surface area contributed by atoms with Crippen LogP contribution in [-0.2, 0) is 6.42 Å². The van der Waals surface area contributed by atoms with Crippen molar-refractivity contribution in [3.63, 3.8) is 0 Å². The van der Waals surface area contributed by atoms with E-state index in [1.165, 1.54) is 5.57 Å². The summed E-state index contributed by atoms with van der Waals surface area (Å²) in [4.78, 5) is 0. The van der Waals surface area contributed by atoms with E-state index >= 15 is 0 Å². The van der Waals surface area contributed by atoms with Crippen LogP contribution in [0.3, 0.4) is 0 Å². The van der Waals surface area contributed by atoms with Crippen molar-refractivity contribution in [3.8, 4) is 11.5 Å². The van der Waals surface area contributed by atoms with E-state index < -0.39 is 0 Å². The van der Waals surface area contributed by atoms with E-state index in [-0.39, 0.29) is 12.4 Å². The molecular weight excluding hydrogens is 276 g/mol. The molecule has 22 heavy (non-hydrogen) atoms. The summed E-state index contributed by atoms with van der Waals surface area (Å²) >= 11 is 0. The number of aliphatic hydroxyl groups is 1. The van der Waals surface area contributed by atoms with Gasteiger partial charge in [0.2, 0.25) is 0 Å². The molecule has 0 heterocycles. The molecule has 2 aliphatic rings. The molecule has 2 aliphatic carbocycles. The van der Waals surface area contributed by atoms with Crippen molar-refractivity contribution in [3.05, 3.63) is 58.7 Å². The van der Waals surface area contributed by atoms with Crippen molar-refractivity contribution >= 4 is 11.6 Å². The molecule has 1 aromatic carbocycles. The molecule has 2 N–H and O–H groups in total. The molecule has 0 amide bonds. The van der Waals surface area contributed by atoms with Gasteiger partial charge in [-0.05, 0) is 42.0 Å². The van der Waals surface area contributed by atoms with Crippen molar-refractivity contribution in [2.24, 2.45) is 0 Å². The fourth-order valence-corrected chi connectivity index (χ4v) is 3.00. The van der Waals surface area contributed by atoms with E-state index in [4.69, 9.17) is 9.84 Å². The highest BCUT2D eigenvalue weighted by molar-refractivity contribution is 5.86. The Balaban J connectivity index is 2.21. The lowest BCUT2D eigenvalue weighted by Gasteiger charge is -2.17. The third kappa shape index (κ3) is 2.60. The monoisotopic (exact) mass is 296 g/mol. The van der Waals surface area contributed by atoms with Gasteiger partial charge in [-0.25, -0.2) is 0 Å². The molecule has 0 unspecified atom stereocenters. The van der Waals surface area contributed by atoms with Crippen LogP contribution < -0.4 is 4.74 Å². The summed E-state index contributed by atoms with van der Waals surface area (Å²) in [5, 5.41) is 19.7. The molecule has 3 heteroatoms. The smallest absolute Gasteiger partial charge is 0.127 e. The summed E-state index contributed by atoms with van der Waals surface area (Å²) in [5.41, 5.74) is 4.92. The molecule has 3 nitrogen and oxygen atoms in total. The van der Waals surface area contributed by atoms with Crippen LogP contribution in [0.1, 0.15) is 29.5 Å². The molecule has 0 atom stereocenters. The van der Waals surface area contributed by atoms with E-state index in [1.54, 1.807) is 7.11 Å². The van der Waals surface area contributed by atoms with Gasteiger partial charge in [-0.3, -0.25) is 0 Å². The van der Waals surface area contributed by atoms with Gasteiger partial charge < -0.3 is 14.9 Å². The van der Waals surface area contributed by atoms with Crippen molar-refractivity contribution in [2.45, 2.75) is 19.3 Å². The Hall–Kier alpha value is -2.26. The Morgan fingerprint density at radius 1 is 1.18 bits per heavy atom. The number of benzene rings is 1. The molecule has 0 spiro atoms. The summed E-state index contributed by atoms with van der Waals surface area (Å²) in [6.45, 7) is 0.109. The maximum absolute atomic E-state index is 10.6. The zero-order valence-electron chi connectivity index (χ0n) is 12.7. The quantitative estimate of drug-likeness (QED) is 0.892. The first-order valence-corrected chi connectivity index (χ1v) is 7.53. The Labute approximate surface area is 130 Å². The van der Waals surface area contributed by atoms with Crippen LogP contribution in [0, 0.1) is 0 Å². The number of aromatic hydroxyl groups is 1. The van der Waals surface area contributed by atoms with Gasteiger partial charge in [-0.1, -0.05) is 36.5 Å². The molecule has 0 aliphatic heterocycles. The van der Waals surface area contributed by atoms with E-state index in [9.17, 15) is 5.11 Å². The number of phenols is 1. The summed E-state index contributed by atoms with van der Waals surface area (Å²) in [7, 11) is 1.65. The molecule has 2 bridgehead atoms. The van der Waals surface area contributed by atoms with Crippen LogP contribution in [0.25, 0.3) is 11.6 Å². The highest BCUT2D eigenvalue weighted by atomic mass is 16.5. The summed E-state index contributed by atoms with van der Waals surface area (Å²) in [6, 6.07) is 1.89. The average Bonchev–Trinajstić information content (AvgIpc) is 2.87. The third-order valence-electron chi connectivity index (χ3n) is 4.10. The third-order valence-corrected chi connectivity index (χ3v) is 4.10. The lowest BCUT2D eigenvalue weighted by molar-refractivity contribution is 0.288. The van der Waals surface area contributed by atoms with Gasteiger partial charge in [0, 0.05) is 17.7 Å². The SMILES string of the molecule is COc1cc(CCCO)c(O)c2c1C1=CC=CC=C(C=C2)C1. The van der Waals surface area contributed by atoms with E-state index in [1.807, 2.05) is 30.4 Å². The molecular formula is C19H20O3. The molecule has 0 saturated carbocycles. The molecule has 3 rings (SSSR count). The number of allylic oxidation sites excluding steroid dienone is 7. The van der Waals surface area contributed by atoms with Gasteiger partial charge >= 0.3 is 0 Å². The average molecular weight is 296 g/mol. The van der Waals surface area contributed by atoms with Crippen LogP contribution in [0.15, 0.2) is 42.0 Å². The molecule has 0 radical (unpaired) electrons. The molecule has 0 saturated heterocycles. The number of hydrogen-bond acceptors (Lipinski definition) is 3. The molecule has 0 aromatic heterocycles. The minimum absolute atomic E-state index is 0.109. The number of phenolic OH excluding ortho intramolecular Hbond substituents is 1. The summed E-state index contributed by atoms with van der Waals surface area (Å²) in [5.74, 6) is 1.06. The fourth-order valence-electron chi connectivity index (χ4n) is 3.00. The number of hydrogen-bond donors (Lipinski definition) is 2. The van der Waals surface area contributed by atoms with E-state index in [2.05, 4.69) is 12.2 Å². The van der Waals surface area contributed by atoms with E-state index in [0.717, 1.165) is 34.4 Å². The van der Waals surface area contributed by atoms with Crippen LogP contribution in [0.4, 0.5) is 0 Å². The van der Waals surface area contributed by atoms with Crippen LogP contribution in [0.2, 0.25) is 0 Å². The summed E-state index contributed by atoms with van der Waals surface area (Å²) in [6.07, 6.45) is 14.3. The standard InChI is InChI=1S/C19H20O3/c1-22-17-12-15(7-4-10-20)19(21)16-9-8-13-5-2-3-6-14(11-13)18(16)17/h2-3,5-6,8-9,12,20-21H,4,7,10-11H2,1H3. The van der Waals surface area contributed by atoms with Gasteiger partial charge in [0.1, 0.15) is 11.5 Å². The predicted octanol–water partition coefficient (Wildman–Crippen LogP) is 3.62. The van der Waals surface area contributed by atoms with Crippen LogP contribution in [-0.4, -0.2) is 23.9 Å². The first-order chi connectivity index (χ1) is 10.7. The Morgan fingerprint density at radius 3 is 2.77 bits per heavy atom. The van der Waals surface area contributed by atoms with Crippen molar-refractivity contribution in [2.75, 3.05) is 13.7 Å². The number of methoxy groups -OCH3 is 1. The highest BCUT2D eigenvalue weighted by Gasteiger charge is 2.22. The maximum Gasteiger partial charge on any atom is 0.127 e. The zero-order valence-corrected chi connectivity index (χ0v) is 12.7. The van der Waals surface area contributed by atoms with Gasteiger partial charge in [-0.15, -0.1) is 0 Å². The Bertz CT molecular complexity index is 706. The molecule has 0 fully saturated rings. The highest BCUT2D eigenvalue weighted by Crippen LogP contribution is 2.43. The number of fused-ring (bicyclic) bond motifs is 4. The Morgan fingerprint density at radius 2 is 2.00 bits per heavy atom. The lowest BCUT2D eigenvalue weighted by atomic mass is 9.92. The van der Waals surface area contributed by atoms with Gasteiger partial charge in [0.15, 0.2) is 0 Å². The minimum Gasteiger partial charge on any atom is -0.507 e. The second-order valence-electron chi connectivity index (χ2n) is 5.53. The van der Waals surface area contributed by atoms with Gasteiger partial charge in [0.05, 0.1) is 7.11 Å². The molecule has 114 valence electrons. The van der Waals surface area contributed by atoms with Crippen LogP contribution >= 0.6 is 0 Å². The normalized spacial score (nSPS) is 15.5. The van der Waals surface area contributed by atoms with Gasteiger partial charge in [0.25, 0.3) is 0 Å². The van der Waals surface area contributed by atoms with Crippen LogP contribution in [0.5, 0.6) is 11.5 Å².